The number of carbonyl (C=O) groups is 1. The molecule has 0 bridgehead atoms. The summed E-state index contributed by atoms with van der Waals surface area (Å²) in [7, 11) is 0. The van der Waals surface area contributed by atoms with Crippen molar-refractivity contribution in [3.63, 3.8) is 0 Å². The minimum atomic E-state index is 0.241. The lowest BCUT2D eigenvalue weighted by Crippen LogP contribution is -2.34. The molecule has 3 heteroatoms. The molecule has 0 radical (unpaired) electrons. The van der Waals surface area contributed by atoms with Crippen LogP contribution in [0.1, 0.15) is 19.3 Å². The number of carbonyl (C=O) groups excluding carboxylic acids is 1. The van der Waals surface area contributed by atoms with Crippen LogP contribution < -0.4 is 10.6 Å². The van der Waals surface area contributed by atoms with E-state index in [2.05, 4.69) is 10.6 Å². The van der Waals surface area contributed by atoms with Crippen molar-refractivity contribution in [3.8, 4) is 0 Å². The molecule has 0 aliphatic carbocycles. The topological polar surface area (TPSA) is 41.1 Å². The third-order valence-corrected chi connectivity index (χ3v) is 3.01. The van der Waals surface area contributed by atoms with Gasteiger partial charge in [-0.15, -0.1) is 0 Å². The lowest BCUT2D eigenvalue weighted by atomic mass is 9.86. The molecule has 2 aliphatic rings. The second kappa shape index (κ2) is 3.44. The summed E-state index contributed by atoms with van der Waals surface area (Å²) in [4.78, 5) is 11.0. The van der Waals surface area contributed by atoms with Crippen LogP contribution in [0.4, 0.5) is 0 Å². The summed E-state index contributed by atoms with van der Waals surface area (Å²) < 4.78 is 0. The van der Waals surface area contributed by atoms with E-state index in [1.807, 2.05) is 0 Å². The molecule has 0 unspecified atom stereocenters. The summed E-state index contributed by atoms with van der Waals surface area (Å²) in [6.07, 6.45) is 3.33. The molecule has 2 rings (SSSR count). The van der Waals surface area contributed by atoms with Gasteiger partial charge in [0.15, 0.2) is 0 Å². The van der Waals surface area contributed by atoms with E-state index in [4.69, 9.17) is 0 Å². The Morgan fingerprint density at radius 2 is 2.17 bits per heavy atom. The monoisotopic (exact) mass is 168 g/mol. The molecule has 0 aromatic carbocycles. The summed E-state index contributed by atoms with van der Waals surface area (Å²) in [6, 6.07) is 0. The predicted octanol–water partition coefficient (Wildman–Crippen LogP) is 0.122. The van der Waals surface area contributed by atoms with E-state index in [0.717, 1.165) is 32.0 Å². The van der Waals surface area contributed by atoms with Gasteiger partial charge in [-0.25, -0.2) is 0 Å². The number of hydrogen-bond acceptors (Lipinski definition) is 2. The van der Waals surface area contributed by atoms with Gasteiger partial charge in [-0.05, 0) is 37.8 Å². The Bertz CT molecular complexity index is 175. The van der Waals surface area contributed by atoms with Gasteiger partial charge in [-0.2, -0.15) is 0 Å². The lowest BCUT2D eigenvalue weighted by Gasteiger charge is -2.26. The molecule has 12 heavy (non-hydrogen) atoms. The maximum atomic E-state index is 11.0. The molecule has 2 heterocycles. The summed E-state index contributed by atoms with van der Waals surface area (Å²) in [6.45, 7) is 3.18. The predicted molar refractivity (Wildman–Crippen MR) is 46.7 cm³/mol. The Morgan fingerprint density at radius 3 is 2.75 bits per heavy atom. The highest BCUT2D eigenvalue weighted by Gasteiger charge is 2.29. The quantitative estimate of drug-likeness (QED) is 0.584. The summed E-state index contributed by atoms with van der Waals surface area (Å²) in [5.41, 5.74) is 0. The van der Waals surface area contributed by atoms with Crippen LogP contribution in [-0.2, 0) is 4.79 Å². The maximum absolute atomic E-state index is 11.0. The van der Waals surface area contributed by atoms with Crippen LogP contribution in [0.25, 0.3) is 0 Å². The van der Waals surface area contributed by atoms with E-state index < -0.39 is 0 Å². The molecule has 0 saturated carbocycles. The fourth-order valence-corrected chi connectivity index (χ4v) is 2.24. The minimum absolute atomic E-state index is 0.241. The first-order chi connectivity index (χ1) is 5.86. The molecule has 2 aliphatic heterocycles. The number of nitrogens with one attached hydrogen (secondary N) is 2. The molecule has 2 fully saturated rings. The molecule has 0 aromatic heterocycles. The minimum Gasteiger partial charge on any atom is -0.356 e. The Kier molecular flexibility index (Phi) is 2.30. The fourth-order valence-electron chi connectivity index (χ4n) is 2.24. The normalized spacial score (nSPS) is 36.5. The van der Waals surface area contributed by atoms with Crippen LogP contribution in [0.15, 0.2) is 0 Å². The van der Waals surface area contributed by atoms with E-state index >= 15 is 0 Å². The van der Waals surface area contributed by atoms with Gasteiger partial charge < -0.3 is 10.6 Å². The Hall–Kier alpha value is -0.570. The van der Waals surface area contributed by atoms with Crippen molar-refractivity contribution >= 4 is 5.91 Å². The van der Waals surface area contributed by atoms with E-state index in [0.29, 0.717) is 5.92 Å². The SMILES string of the molecule is O=C1C[C@@H]([C@H]2CCCNC2)CN1. The number of rotatable bonds is 1. The van der Waals surface area contributed by atoms with Crippen molar-refractivity contribution < 1.29 is 4.79 Å². The van der Waals surface area contributed by atoms with Crippen LogP contribution in [0, 0.1) is 11.8 Å². The highest BCUT2D eigenvalue weighted by molar-refractivity contribution is 5.78. The van der Waals surface area contributed by atoms with E-state index in [1.54, 1.807) is 0 Å². The highest BCUT2D eigenvalue weighted by Crippen LogP contribution is 2.24. The largest absolute Gasteiger partial charge is 0.356 e. The second-order valence-electron chi connectivity index (χ2n) is 3.87. The van der Waals surface area contributed by atoms with Crippen molar-refractivity contribution in [3.05, 3.63) is 0 Å². The van der Waals surface area contributed by atoms with Crippen molar-refractivity contribution in [2.75, 3.05) is 19.6 Å². The third kappa shape index (κ3) is 1.61. The van der Waals surface area contributed by atoms with Gasteiger partial charge >= 0.3 is 0 Å². The van der Waals surface area contributed by atoms with Gasteiger partial charge in [0.2, 0.25) is 5.91 Å². The van der Waals surface area contributed by atoms with Crippen molar-refractivity contribution in [2.45, 2.75) is 19.3 Å². The first kappa shape index (κ1) is 8.05. The molecule has 0 spiro atoms. The van der Waals surface area contributed by atoms with Crippen molar-refractivity contribution in [2.24, 2.45) is 11.8 Å². The Balaban J connectivity index is 1.86. The van der Waals surface area contributed by atoms with Gasteiger partial charge in [0.1, 0.15) is 0 Å². The maximum Gasteiger partial charge on any atom is 0.220 e. The molecule has 1 amide bonds. The van der Waals surface area contributed by atoms with Gasteiger partial charge in [0, 0.05) is 13.0 Å². The lowest BCUT2D eigenvalue weighted by molar-refractivity contribution is -0.119. The molecule has 2 saturated heterocycles. The third-order valence-electron chi connectivity index (χ3n) is 3.01. The first-order valence-corrected chi connectivity index (χ1v) is 4.83. The number of hydrogen-bond donors (Lipinski definition) is 2. The van der Waals surface area contributed by atoms with Crippen LogP contribution in [-0.4, -0.2) is 25.5 Å². The molecule has 3 nitrogen and oxygen atoms in total. The number of amides is 1. The standard InChI is InChI=1S/C9H16N2O/c12-9-4-8(6-11-9)7-2-1-3-10-5-7/h7-8,10H,1-6H2,(H,11,12)/t7-,8+/m0/s1. The van der Waals surface area contributed by atoms with Crippen LogP contribution >= 0.6 is 0 Å². The van der Waals surface area contributed by atoms with Gasteiger partial charge in [0.25, 0.3) is 0 Å². The van der Waals surface area contributed by atoms with Gasteiger partial charge in [-0.1, -0.05) is 0 Å². The molecular weight excluding hydrogens is 152 g/mol. The summed E-state index contributed by atoms with van der Waals surface area (Å²) in [5.74, 6) is 1.58. The molecule has 2 atom stereocenters. The van der Waals surface area contributed by atoms with Crippen LogP contribution in [0.5, 0.6) is 0 Å². The van der Waals surface area contributed by atoms with Gasteiger partial charge in [0.05, 0.1) is 0 Å². The van der Waals surface area contributed by atoms with E-state index in [9.17, 15) is 4.79 Å². The average Bonchev–Trinajstić information content (AvgIpc) is 2.54. The van der Waals surface area contributed by atoms with E-state index in [1.165, 1.54) is 12.8 Å². The molecule has 2 N–H and O–H groups in total. The first-order valence-electron chi connectivity index (χ1n) is 4.83. The van der Waals surface area contributed by atoms with Crippen molar-refractivity contribution in [1.82, 2.24) is 10.6 Å². The number of piperidine rings is 1. The molecule has 0 aromatic rings. The smallest absolute Gasteiger partial charge is 0.220 e. The zero-order chi connectivity index (χ0) is 8.39. The second-order valence-corrected chi connectivity index (χ2v) is 3.87. The van der Waals surface area contributed by atoms with Gasteiger partial charge in [-0.3, -0.25) is 4.79 Å². The molecule has 68 valence electrons. The van der Waals surface area contributed by atoms with Crippen molar-refractivity contribution in [1.29, 1.82) is 0 Å². The average molecular weight is 168 g/mol. The zero-order valence-electron chi connectivity index (χ0n) is 7.31. The van der Waals surface area contributed by atoms with E-state index in [-0.39, 0.29) is 5.91 Å². The summed E-state index contributed by atoms with van der Waals surface area (Å²) >= 11 is 0. The highest BCUT2D eigenvalue weighted by atomic mass is 16.1. The zero-order valence-corrected chi connectivity index (χ0v) is 7.31. The fraction of sp³-hybridized carbons (Fsp3) is 0.889. The van der Waals surface area contributed by atoms with Crippen LogP contribution in [0.2, 0.25) is 0 Å². The Morgan fingerprint density at radius 1 is 1.25 bits per heavy atom. The van der Waals surface area contributed by atoms with Crippen LogP contribution in [0.3, 0.4) is 0 Å². The Labute approximate surface area is 72.9 Å². The summed E-state index contributed by atoms with van der Waals surface area (Å²) in [5, 5.41) is 6.29. The molecular formula is C9H16N2O.